The molecular formula is C14H24N2O2. The smallest absolute Gasteiger partial charge is 0.251 e. The number of likely N-dealkylation sites (tertiary alicyclic amines) is 1. The fraction of sp³-hybridized carbons (Fsp3) is 0.929. The van der Waals surface area contributed by atoms with Crippen molar-refractivity contribution in [3.8, 4) is 0 Å². The highest BCUT2D eigenvalue weighted by Gasteiger charge is 2.31. The van der Waals surface area contributed by atoms with Crippen molar-refractivity contribution in [3.05, 3.63) is 0 Å². The second-order valence-corrected chi connectivity index (χ2v) is 5.95. The lowest BCUT2D eigenvalue weighted by Crippen LogP contribution is -2.48. The van der Waals surface area contributed by atoms with E-state index in [4.69, 9.17) is 4.74 Å². The third kappa shape index (κ3) is 3.04. The van der Waals surface area contributed by atoms with Crippen LogP contribution in [0.3, 0.4) is 0 Å². The maximum absolute atomic E-state index is 12.2. The topological polar surface area (TPSA) is 41.6 Å². The minimum Gasteiger partial charge on any atom is -0.368 e. The zero-order valence-corrected chi connectivity index (χ0v) is 11.1. The summed E-state index contributed by atoms with van der Waals surface area (Å²) in [7, 11) is 0. The summed E-state index contributed by atoms with van der Waals surface area (Å²) in [6.45, 7) is 3.75. The van der Waals surface area contributed by atoms with Gasteiger partial charge >= 0.3 is 0 Å². The van der Waals surface area contributed by atoms with E-state index in [-0.39, 0.29) is 12.0 Å². The van der Waals surface area contributed by atoms with Gasteiger partial charge in [0.15, 0.2) is 0 Å². The van der Waals surface area contributed by atoms with Crippen LogP contribution >= 0.6 is 0 Å². The molecule has 2 saturated heterocycles. The molecule has 0 aromatic rings. The van der Waals surface area contributed by atoms with Crippen LogP contribution in [0.4, 0.5) is 0 Å². The Balaban J connectivity index is 1.39. The van der Waals surface area contributed by atoms with Gasteiger partial charge in [-0.25, -0.2) is 0 Å². The molecule has 1 amide bonds. The third-order valence-corrected chi connectivity index (χ3v) is 4.40. The minimum absolute atomic E-state index is 0.138. The van der Waals surface area contributed by atoms with Crippen molar-refractivity contribution < 1.29 is 9.53 Å². The summed E-state index contributed by atoms with van der Waals surface area (Å²) < 4.78 is 5.48. The van der Waals surface area contributed by atoms with Gasteiger partial charge in [0, 0.05) is 25.7 Å². The van der Waals surface area contributed by atoms with E-state index in [0.29, 0.717) is 6.04 Å². The predicted molar refractivity (Wildman–Crippen MR) is 69.3 cm³/mol. The summed E-state index contributed by atoms with van der Waals surface area (Å²) in [6.07, 6.45) is 6.83. The molecule has 102 valence electrons. The van der Waals surface area contributed by atoms with Gasteiger partial charge in [-0.15, -0.1) is 0 Å². The van der Waals surface area contributed by atoms with Crippen molar-refractivity contribution in [2.75, 3.05) is 26.2 Å². The zero-order chi connectivity index (χ0) is 12.4. The molecule has 0 spiro atoms. The van der Waals surface area contributed by atoms with E-state index >= 15 is 0 Å². The van der Waals surface area contributed by atoms with Gasteiger partial charge in [-0.1, -0.05) is 0 Å². The fourth-order valence-corrected chi connectivity index (χ4v) is 2.94. The summed E-state index contributed by atoms with van der Waals surface area (Å²) in [6, 6.07) is 0.624. The number of piperidine rings is 1. The van der Waals surface area contributed by atoms with E-state index in [0.717, 1.165) is 51.3 Å². The molecule has 1 saturated carbocycles. The van der Waals surface area contributed by atoms with Crippen LogP contribution in [0.25, 0.3) is 0 Å². The number of rotatable bonds is 4. The third-order valence-electron chi connectivity index (χ3n) is 4.40. The van der Waals surface area contributed by atoms with Gasteiger partial charge in [-0.05, 0) is 51.0 Å². The van der Waals surface area contributed by atoms with Gasteiger partial charge in [0.1, 0.15) is 6.10 Å². The second kappa shape index (κ2) is 5.57. The summed E-state index contributed by atoms with van der Waals surface area (Å²) in [5, 5.41) is 3.64. The Bertz CT molecular complexity index is 290. The van der Waals surface area contributed by atoms with Gasteiger partial charge in [-0.3, -0.25) is 4.79 Å². The molecule has 0 bridgehead atoms. The predicted octanol–water partition coefficient (Wildman–Crippen LogP) is 1.16. The molecule has 3 rings (SSSR count). The first-order chi connectivity index (χ1) is 8.83. The van der Waals surface area contributed by atoms with Crippen molar-refractivity contribution in [1.82, 2.24) is 10.2 Å². The summed E-state index contributed by atoms with van der Waals surface area (Å²) >= 11 is 0. The van der Waals surface area contributed by atoms with E-state index in [1.807, 2.05) is 4.90 Å². The van der Waals surface area contributed by atoms with Crippen LogP contribution in [-0.2, 0) is 9.53 Å². The molecule has 1 atom stereocenters. The zero-order valence-electron chi connectivity index (χ0n) is 11.1. The number of hydrogen-bond acceptors (Lipinski definition) is 3. The highest BCUT2D eigenvalue weighted by molar-refractivity contribution is 5.81. The standard InChI is InChI=1S/C14H24N2O2/c17-14(13-2-1-9-18-13)16-7-5-12(6-8-16)15-10-11-3-4-11/h11-13,15H,1-10H2. The van der Waals surface area contributed by atoms with Gasteiger partial charge in [0.05, 0.1) is 0 Å². The largest absolute Gasteiger partial charge is 0.368 e. The monoisotopic (exact) mass is 252 g/mol. The molecule has 1 aliphatic carbocycles. The molecule has 1 N–H and O–H groups in total. The highest BCUT2D eigenvalue weighted by atomic mass is 16.5. The number of amides is 1. The molecule has 2 heterocycles. The highest BCUT2D eigenvalue weighted by Crippen LogP contribution is 2.28. The van der Waals surface area contributed by atoms with Crippen LogP contribution in [0.15, 0.2) is 0 Å². The Kier molecular flexibility index (Phi) is 3.85. The first-order valence-corrected chi connectivity index (χ1v) is 7.46. The Morgan fingerprint density at radius 2 is 1.94 bits per heavy atom. The lowest BCUT2D eigenvalue weighted by Gasteiger charge is -2.33. The Morgan fingerprint density at radius 3 is 2.56 bits per heavy atom. The lowest BCUT2D eigenvalue weighted by molar-refractivity contribution is -0.142. The Labute approximate surface area is 109 Å². The number of nitrogens with one attached hydrogen (secondary N) is 1. The molecule has 3 fully saturated rings. The molecule has 0 aromatic heterocycles. The van der Waals surface area contributed by atoms with E-state index in [9.17, 15) is 4.79 Å². The first-order valence-electron chi connectivity index (χ1n) is 7.46. The Morgan fingerprint density at radius 1 is 1.17 bits per heavy atom. The number of carbonyl (C=O) groups excluding carboxylic acids is 1. The molecule has 1 unspecified atom stereocenters. The quantitative estimate of drug-likeness (QED) is 0.816. The van der Waals surface area contributed by atoms with Crippen LogP contribution in [0, 0.1) is 5.92 Å². The van der Waals surface area contributed by atoms with Crippen LogP contribution in [0.2, 0.25) is 0 Å². The van der Waals surface area contributed by atoms with Gasteiger partial charge < -0.3 is 15.0 Å². The van der Waals surface area contributed by atoms with Crippen LogP contribution in [0.1, 0.15) is 38.5 Å². The average Bonchev–Trinajstić information content (AvgIpc) is 3.08. The number of hydrogen-bond donors (Lipinski definition) is 1. The SMILES string of the molecule is O=C(C1CCCO1)N1CCC(NCC2CC2)CC1. The van der Waals surface area contributed by atoms with Crippen molar-refractivity contribution >= 4 is 5.91 Å². The van der Waals surface area contributed by atoms with Gasteiger partial charge in [0.2, 0.25) is 0 Å². The van der Waals surface area contributed by atoms with Gasteiger partial charge in [-0.2, -0.15) is 0 Å². The first kappa shape index (κ1) is 12.4. The molecule has 4 nitrogen and oxygen atoms in total. The molecule has 2 aliphatic heterocycles. The molecular weight excluding hydrogens is 228 g/mol. The van der Waals surface area contributed by atoms with Crippen molar-refractivity contribution in [2.24, 2.45) is 5.92 Å². The summed E-state index contributed by atoms with van der Waals surface area (Å²) in [5.41, 5.74) is 0. The summed E-state index contributed by atoms with van der Waals surface area (Å²) in [5.74, 6) is 1.17. The van der Waals surface area contributed by atoms with Crippen LogP contribution in [0.5, 0.6) is 0 Å². The molecule has 0 radical (unpaired) electrons. The normalized spacial score (nSPS) is 29.8. The molecule has 18 heavy (non-hydrogen) atoms. The Hall–Kier alpha value is -0.610. The maximum atomic E-state index is 12.2. The van der Waals surface area contributed by atoms with E-state index in [1.165, 1.54) is 19.4 Å². The average molecular weight is 252 g/mol. The van der Waals surface area contributed by atoms with Gasteiger partial charge in [0.25, 0.3) is 5.91 Å². The van der Waals surface area contributed by atoms with E-state index < -0.39 is 0 Å². The molecule has 3 aliphatic rings. The second-order valence-electron chi connectivity index (χ2n) is 5.95. The van der Waals surface area contributed by atoms with Crippen molar-refractivity contribution in [3.63, 3.8) is 0 Å². The molecule has 4 heteroatoms. The van der Waals surface area contributed by atoms with E-state index in [2.05, 4.69) is 5.32 Å². The fourth-order valence-electron chi connectivity index (χ4n) is 2.94. The maximum Gasteiger partial charge on any atom is 0.251 e. The molecule has 0 aromatic carbocycles. The number of nitrogens with zero attached hydrogens (tertiary/aromatic N) is 1. The minimum atomic E-state index is -0.138. The van der Waals surface area contributed by atoms with E-state index in [1.54, 1.807) is 0 Å². The number of ether oxygens (including phenoxy) is 1. The van der Waals surface area contributed by atoms with Crippen molar-refractivity contribution in [1.29, 1.82) is 0 Å². The lowest BCUT2D eigenvalue weighted by atomic mass is 10.0. The van der Waals surface area contributed by atoms with Crippen LogP contribution in [-0.4, -0.2) is 49.2 Å². The van der Waals surface area contributed by atoms with Crippen molar-refractivity contribution in [2.45, 2.75) is 50.7 Å². The van der Waals surface area contributed by atoms with Crippen LogP contribution < -0.4 is 5.32 Å². The number of carbonyl (C=O) groups is 1. The summed E-state index contributed by atoms with van der Waals surface area (Å²) in [4.78, 5) is 14.2.